The number of aliphatic carboxylic acids is 1. The Balaban J connectivity index is 2.17. The van der Waals surface area contributed by atoms with E-state index in [0.29, 0.717) is 0 Å². The van der Waals surface area contributed by atoms with Crippen LogP contribution in [-0.4, -0.2) is 71.2 Å². The topological polar surface area (TPSA) is 70.1 Å². The van der Waals surface area contributed by atoms with Crippen LogP contribution in [0.4, 0.5) is 0 Å². The number of unbranched alkanes of at least 4 members (excludes halogenated alkanes) is 4. The van der Waals surface area contributed by atoms with Crippen LogP contribution in [0.25, 0.3) is 0 Å². The smallest absolute Gasteiger partial charge is 0.309 e. The number of likely N-dealkylation sites (tertiary alicyclic amines) is 2. The van der Waals surface area contributed by atoms with Gasteiger partial charge in [-0.15, -0.1) is 0 Å². The van der Waals surface area contributed by atoms with Gasteiger partial charge in [0.05, 0.1) is 5.92 Å². The van der Waals surface area contributed by atoms with Crippen LogP contribution in [0, 0.1) is 22.7 Å². The summed E-state index contributed by atoms with van der Waals surface area (Å²) in [6.07, 6.45) is 7.60. The van der Waals surface area contributed by atoms with Gasteiger partial charge >= 0.3 is 11.9 Å². The lowest BCUT2D eigenvalue weighted by Gasteiger charge is -2.58. The SMILES string of the molecule is CN1CCC(OC(=O)C(CCCCCCCC(=O)O)C2CCN(C)C(C)(C)C2(C)C)C(C)(C)C1(C)C. The van der Waals surface area contributed by atoms with Crippen LogP contribution < -0.4 is 0 Å². The quantitative estimate of drug-likeness (QED) is 0.264. The van der Waals surface area contributed by atoms with Crippen molar-refractivity contribution in [2.75, 3.05) is 27.2 Å². The van der Waals surface area contributed by atoms with E-state index >= 15 is 0 Å². The molecule has 3 unspecified atom stereocenters. The van der Waals surface area contributed by atoms with Gasteiger partial charge in [-0.2, -0.15) is 0 Å². The Bertz CT molecular complexity index is 758. The highest BCUT2D eigenvalue weighted by atomic mass is 16.5. The number of hydrogen-bond acceptors (Lipinski definition) is 5. The fourth-order valence-corrected chi connectivity index (χ4v) is 6.55. The average Bonchev–Trinajstić information content (AvgIpc) is 2.76. The maximum absolute atomic E-state index is 14.0. The summed E-state index contributed by atoms with van der Waals surface area (Å²) in [5.74, 6) is -0.557. The summed E-state index contributed by atoms with van der Waals surface area (Å²) < 4.78 is 6.47. The van der Waals surface area contributed by atoms with E-state index in [0.717, 1.165) is 64.5 Å². The highest BCUT2D eigenvalue weighted by Crippen LogP contribution is 2.51. The standard InChI is InChI=1S/C30H56N2O4/c1-27(2)23(18-20-31(9)29(27,5)6)22(16-14-12-11-13-15-17-25(33)34)26(35)36-24-19-21-32(10)30(7,8)28(24,3)4/h22-24H,11-21H2,1-10H3,(H,33,34). The third-order valence-electron chi connectivity index (χ3n) is 11.2. The molecule has 2 aliphatic heterocycles. The normalized spacial score (nSPS) is 28.4. The van der Waals surface area contributed by atoms with Crippen molar-refractivity contribution in [3.8, 4) is 0 Å². The van der Waals surface area contributed by atoms with Gasteiger partial charge < -0.3 is 19.6 Å². The van der Waals surface area contributed by atoms with Crippen LogP contribution in [0.5, 0.6) is 0 Å². The van der Waals surface area contributed by atoms with Crippen molar-refractivity contribution in [1.29, 1.82) is 0 Å². The Hall–Kier alpha value is -1.14. The van der Waals surface area contributed by atoms with Gasteiger partial charge in [0.25, 0.3) is 0 Å². The molecule has 2 fully saturated rings. The number of carboxylic acids is 1. The predicted molar refractivity (Wildman–Crippen MR) is 147 cm³/mol. The molecule has 0 aliphatic carbocycles. The maximum Gasteiger partial charge on any atom is 0.309 e. The van der Waals surface area contributed by atoms with Gasteiger partial charge in [0.1, 0.15) is 6.10 Å². The molecule has 0 radical (unpaired) electrons. The number of piperidine rings is 2. The van der Waals surface area contributed by atoms with Crippen LogP contribution in [0.15, 0.2) is 0 Å². The molecule has 2 rings (SSSR count). The number of ether oxygens (including phenoxy) is 1. The summed E-state index contributed by atoms with van der Waals surface area (Å²) in [6.45, 7) is 20.2. The van der Waals surface area contributed by atoms with Gasteiger partial charge in [0.2, 0.25) is 0 Å². The van der Waals surface area contributed by atoms with Crippen LogP contribution in [0.3, 0.4) is 0 Å². The van der Waals surface area contributed by atoms with Crippen LogP contribution in [0.2, 0.25) is 0 Å². The van der Waals surface area contributed by atoms with Crippen molar-refractivity contribution >= 4 is 11.9 Å². The second kappa shape index (κ2) is 11.7. The number of esters is 1. The van der Waals surface area contributed by atoms with Gasteiger partial charge in [-0.1, -0.05) is 53.4 Å². The van der Waals surface area contributed by atoms with Gasteiger partial charge in [0, 0.05) is 29.5 Å². The highest BCUT2D eigenvalue weighted by Gasteiger charge is 2.54. The molecule has 0 saturated carbocycles. The van der Waals surface area contributed by atoms with Crippen LogP contribution in [0.1, 0.15) is 113 Å². The average molecular weight is 509 g/mol. The number of nitrogens with zero attached hydrogens (tertiary/aromatic N) is 2. The zero-order valence-electron chi connectivity index (χ0n) is 25.1. The van der Waals surface area contributed by atoms with E-state index in [9.17, 15) is 9.59 Å². The first kappa shape index (κ1) is 31.1. The lowest BCUT2D eigenvalue weighted by atomic mass is 9.57. The minimum Gasteiger partial charge on any atom is -0.481 e. The number of rotatable bonds is 11. The van der Waals surface area contributed by atoms with E-state index < -0.39 is 5.97 Å². The highest BCUT2D eigenvalue weighted by molar-refractivity contribution is 5.73. The van der Waals surface area contributed by atoms with E-state index in [4.69, 9.17) is 9.84 Å². The summed E-state index contributed by atoms with van der Waals surface area (Å²) >= 11 is 0. The lowest BCUT2D eigenvalue weighted by molar-refractivity contribution is -0.183. The second-order valence-corrected chi connectivity index (χ2v) is 13.8. The molecule has 2 saturated heterocycles. The van der Waals surface area contributed by atoms with Crippen LogP contribution in [-0.2, 0) is 14.3 Å². The molecule has 0 aromatic rings. The Morgan fingerprint density at radius 1 is 0.806 bits per heavy atom. The number of carbonyl (C=O) groups excluding carboxylic acids is 1. The van der Waals surface area contributed by atoms with Crippen molar-refractivity contribution in [3.63, 3.8) is 0 Å². The summed E-state index contributed by atoms with van der Waals surface area (Å²) in [7, 11) is 4.37. The van der Waals surface area contributed by atoms with Crippen molar-refractivity contribution in [2.24, 2.45) is 22.7 Å². The molecule has 1 N–H and O–H groups in total. The Kier molecular flexibility index (Phi) is 10.1. The van der Waals surface area contributed by atoms with Crippen molar-refractivity contribution < 1.29 is 19.4 Å². The van der Waals surface area contributed by atoms with Gasteiger partial charge in [-0.3, -0.25) is 9.59 Å². The van der Waals surface area contributed by atoms with E-state index in [1.54, 1.807) is 0 Å². The summed E-state index contributed by atoms with van der Waals surface area (Å²) in [4.78, 5) is 29.6. The molecule has 210 valence electrons. The van der Waals surface area contributed by atoms with E-state index in [-0.39, 0.29) is 52.2 Å². The molecule has 2 heterocycles. The third-order valence-corrected chi connectivity index (χ3v) is 11.2. The molecule has 6 nitrogen and oxygen atoms in total. The fraction of sp³-hybridized carbons (Fsp3) is 0.933. The second-order valence-electron chi connectivity index (χ2n) is 13.8. The van der Waals surface area contributed by atoms with Gasteiger partial charge in [-0.05, 0) is 85.4 Å². The Morgan fingerprint density at radius 3 is 1.89 bits per heavy atom. The first-order valence-corrected chi connectivity index (χ1v) is 14.3. The monoisotopic (exact) mass is 508 g/mol. The predicted octanol–water partition coefficient (Wildman–Crippen LogP) is 6.23. The number of carboxylic acid groups (broad SMARTS) is 1. The minimum atomic E-state index is -0.718. The summed E-state index contributed by atoms with van der Waals surface area (Å²) in [5.41, 5.74) is -0.255. The van der Waals surface area contributed by atoms with E-state index in [1.165, 1.54) is 0 Å². The molecule has 6 heteroatoms. The number of carbonyl (C=O) groups is 2. The molecule has 2 aliphatic rings. The molecular weight excluding hydrogens is 452 g/mol. The van der Waals surface area contributed by atoms with Crippen molar-refractivity contribution in [1.82, 2.24) is 9.80 Å². The van der Waals surface area contributed by atoms with Crippen molar-refractivity contribution in [3.05, 3.63) is 0 Å². The minimum absolute atomic E-state index is 0.00210. The lowest BCUT2D eigenvalue weighted by Crippen LogP contribution is -2.63. The summed E-state index contributed by atoms with van der Waals surface area (Å²) in [5, 5.41) is 8.87. The molecule has 0 amide bonds. The first-order valence-electron chi connectivity index (χ1n) is 14.3. The molecule has 0 bridgehead atoms. The Labute approximate surface area is 221 Å². The van der Waals surface area contributed by atoms with Gasteiger partial charge in [-0.25, -0.2) is 0 Å². The molecule has 36 heavy (non-hydrogen) atoms. The molecule has 0 aromatic heterocycles. The van der Waals surface area contributed by atoms with Crippen molar-refractivity contribution in [2.45, 2.75) is 130 Å². The molecule has 0 aromatic carbocycles. The molecule has 3 atom stereocenters. The van der Waals surface area contributed by atoms with E-state index in [2.05, 4.69) is 79.3 Å². The van der Waals surface area contributed by atoms with Crippen LogP contribution >= 0.6 is 0 Å². The Morgan fingerprint density at radius 2 is 1.31 bits per heavy atom. The third kappa shape index (κ3) is 6.28. The van der Waals surface area contributed by atoms with Gasteiger partial charge in [0.15, 0.2) is 0 Å². The maximum atomic E-state index is 14.0. The summed E-state index contributed by atoms with van der Waals surface area (Å²) in [6, 6.07) is 0. The number of hydrogen-bond donors (Lipinski definition) is 1. The largest absolute Gasteiger partial charge is 0.481 e. The molecular formula is C30H56N2O4. The zero-order valence-corrected chi connectivity index (χ0v) is 25.1. The van der Waals surface area contributed by atoms with E-state index in [1.807, 2.05) is 0 Å². The first-order chi connectivity index (χ1) is 16.5. The fourth-order valence-electron chi connectivity index (χ4n) is 6.55. The zero-order chi connectivity index (χ0) is 27.5. The molecule has 0 spiro atoms.